The van der Waals surface area contributed by atoms with Crippen LogP contribution >= 0.6 is 0 Å². The molecule has 0 aliphatic heterocycles. The molecule has 3 heteroatoms. The predicted octanol–water partition coefficient (Wildman–Crippen LogP) is 1.27. The van der Waals surface area contributed by atoms with Gasteiger partial charge in [0.2, 0.25) is 5.90 Å². The van der Waals surface area contributed by atoms with Crippen molar-refractivity contribution < 1.29 is 4.74 Å². The van der Waals surface area contributed by atoms with Gasteiger partial charge in [-0.3, -0.25) is 5.41 Å². The molecule has 2 N–H and O–H groups in total. The minimum absolute atomic E-state index is 0.293. The Labute approximate surface area is 66.9 Å². The lowest BCUT2D eigenvalue weighted by Crippen LogP contribution is -2.08. The highest BCUT2D eigenvalue weighted by Crippen LogP contribution is 2.24. The average molecular weight is 154 g/mol. The fourth-order valence-corrected chi connectivity index (χ4v) is 0.728. The lowest BCUT2D eigenvalue weighted by molar-refractivity contribution is 0.287. The summed E-state index contributed by atoms with van der Waals surface area (Å²) in [6, 6.07) is 0. The minimum atomic E-state index is 0.293. The van der Waals surface area contributed by atoms with E-state index in [1.54, 1.807) is 6.20 Å². The molecule has 1 aliphatic rings. The standard InChI is InChI=1S/C8H14N2O/c1-6(5-10-2)8(9)11-7-3-4-7/h5,7,9-10H,3-4H2,1-2H3/b6-5+,9-8?. The Hall–Kier alpha value is -0.990. The van der Waals surface area contributed by atoms with Crippen LogP contribution in [0.4, 0.5) is 0 Å². The third-order valence-corrected chi connectivity index (χ3v) is 1.53. The van der Waals surface area contributed by atoms with Crippen molar-refractivity contribution in [3.05, 3.63) is 11.8 Å². The van der Waals surface area contributed by atoms with Gasteiger partial charge in [-0.05, 0) is 19.8 Å². The summed E-state index contributed by atoms with van der Waals surface area (Å²) in [7, 11) is 1.81. The molecule has 1 fully saturated rings. The number of rotatable bonds is 3. The third-order valence-electron chi connectivity index (χ3n) is 1.53. The van der Waals surface area contributed by atoms with E-state index in [4.69, 9.17) is 10.1 Å². The molecule has 1 aliphatic carbocycles. The Morgan fingerprint density at radius 2 is 2.27 bits per heavy atom. The maximum absolute atomic E-state index is 7.44. The van der Waals surface area contributed by atoms with Gasteiger partial charge >= 0.3 is 0 Å². The minimum Gasteiger partial charge on any atom is -0.475 e. The summed E-state index contributed by atoms with van der Waals surface area (Å²) in [6.07, 6.45) is 4.30. The Morgan fingerprint density at radius 1 is 1.64 bits per heavy atom. The van der Waals surface area contributed by atoms with Gasteiger partial charge in [0.1, 0.15) is 6.10 Å². The molecule has 0 amide bonds. The maximum atomic E-state index is 7.44. The summed E-state index contributed by atoms with van der Waals surface area (Å²) >= 11 is 0. The molecule has 11 heavy (non-hydrogen) atoms. The van der Waals surface area contributed by atoms with Crippen LogP contribution in [0.3, 0.4) is 0 Å². The zero-order chi connectivity index (χ0) is 8.27. The van der Waals surface area contributed by atoms with Crippen molar-refractivity contribution in [3.8, 4) is 0 Å². The molecular weight excluding hydrogens is 140 g/mol. The quantitative estimate of drug-likeness (QED) is 0.475. The molecule has 0 unspecified atom stereocenters. The second-order valence-corrected chi connectivity index (χ2v) is 2.76. The molecule has 0 radical (unpaired) electrons. The van der Waals surface area contributed by atoms with E-state index in [-0.39, 0.29) is 0 Å². The van der Waals surface area contributed by atoms with E-state index in [1.807, 2.05) is 14.0 Å². The average Bonchev–Trinajstić information content (AvgIpc) is 2.72. The summed E-state index contributed by atoms with van der Waals surface area (Å²) in [6.45, 7) is 1.86. The van der Waals surface area contributed by atoms with Crippen LogP contribution in [0.2, 0.25) is 0 Å². The molecule has 0 aromatic carbocycles. The van der Waals surface area contributed by atoms with Gasteiger partial charge < -0.3 is 10.1 Å². The van der Waals surface area contributed by atoms with Crippen molar-refractivity contribution in [1.29, 1.82) is 5.41 Å². The van der Waals surface area contributed by atoms with E-state index in [0.717, 1.165) is 18.4 Å². The van der Waals surface area contributed by atoms with E-state index >= 15 is 0 Å². The van der Waals surface area contributed by atoms with Crippen molar-refractivity contribution in [1.82, 2.24) is 5.32 Å². The molecule has 1 rings (SSSR count). The van der Waals surface area contributed by atoms with Crippen LogP contribution < -0.4 is 5.32 Å². The van der Waals surface area contributed by atoms with Crippen molar-refractivity contribution in [2.75, 3.05) is 7.05 Å². The molecular formula is C8H14N2O. The van der Waals surface area contributed by atoms with Gasteiger partial charge in [0.05, 0.1) is 0 Å². The van der Waals surface area contributed by atoms with Crippen LogP contribution in [0.15, 0.2) is 11.8 Å². The zero-order valence-corrected chi connectivity index (χ0v) is 6.98. The van der Waals surface area contributed by atoms with E-state index in [2.05, 4.69) is 5.32 Å². The van der Waals surface area contributed by atoms with Crippen LogP contribution in [-0.2, 0) is 4.74 Å². The highest BCUT2D eigenvalue weighted by Gasteiger charge is 2.24. The second-order valence-electron chi connectivity index (χ2n) is 2.76. The topological polar surface area (TPSA) is 45.1 Å². The first-order valence-corrected chi connectivity index (χ1v) is 3.83. The number of hydrogen-bond donors (Lipinski definition) is 2. The summed E-state index contributed by atoms with van der Waals surface area (Å²) in [5.74, 6) is 0.293. The maximum Gasteiger partial charge on any atom is 0.210 e. The molecule has 0 bridgehead atoms. The predicted molar refractivity (Wildman–Crippen MR) is 44.7 cm³/mol. The van der Waals surface area contributed by atoms with Crippen LogP contribution in [0, 0.1) is 5.41 Å². The fraction of sp³-hybridized carbons (Fsp3) is 0.625. The van der Waals surface area contributed by atoms with Crippen LogP contribution in [0.1, 0.15) is 19.8 Å². The van der Waals surface area contributed by atoms with Gasteiger partial charge in [-0.2, -0.15) is 0 Å². The van der Waals surface area contributed by atoms with Gasteiger partial charge in [0.25, 0.3) is 0 Å². The van der Waals surface area contributed by atoms with Gasteiger partial charge in [-0.1, -0.05) is 0 Å². The third kappa shape index (κ3) is 2.62. The van der Waals surface area contributed by atoms with Crippen LogP contribution in [-0.4, -0.2) is 19.0 Å². The second kappa shape index (κ2) is 3.42. The van der Waals surface area contributed by atoms with Crippen molar-refractivity contribution >= 4 is 5.90 Å². The molecule has 0 atom stereocenters. The van der Waals surface area contributed by atoms with Crippen molar-refractivity contribution in [2.45, 2.75) is 25.9 Å². The molecule has 1 saturated carbocycles. The van der Waals surface area contributed by atoms with Crippen LogP contribution in [0.5, 0.6) is 0 Å². The van der Waals surface area contributed by atoms with E-state index in [1.165, 1.54) is 0 Å². The largest absolute Gasteiger partial charge is 0.475 e. The summed E-state index contributed by atoms with van der Waals surface area (Å²) < 4.78 is 5.25. The van der Waals surface area contributed by atoms with E-state index in [0.29, 0.717) is 12.0 Å². The fourth-order valence-electron chi connectivity index (χ4n) is 0.728. The van der Waals surface area contributed by atoms with E-state index < -0.39 is 0 Å². The van der Waals surface area contributed by atoms with Gasteiger partial charge in [0.15, 0.2) is 0 Å². The molecule has 62 valence electrons. The highest BCUT2D eigenvalue weighted by atomic mass is 16.5. The highest BCUT2D eigenvalue weighted by molar-refractivity contribution is 5.90. The van der Waals surface area contributed by atoms with Crippen LogP contribution in [0.25, 0.3) is 0 Å². The summed E-state index contributed by atoms with van der Waals surface area (Å²) in [5, 5.41) is 10.3. The molecule has 0 saturated heterocycles. The first-order chi connectivity index (χ1) is 5.24. The molecule has 0 spiro atoms. The van der Waals surface area contributed by atoms with Crippen molar-refractivity contribution in [3.63, 3.8) is 0 Å². The Bertz CT molecular complexity index is 183. The normalized spacial score (nSPS) is 17.8. The molecule has 0 aromatic heterocycles. The molecule has 0 aromatic rings. The first kappa shape index (κ1) is 8.11. The smallest absolute Gasteiger partial charge is 0.210 e. The lowest BCUT2D eigenvalue weighted by Gasteiger charge is -2.05. The Morgan fingerprint density at radius 3 is 2.73 bits per heavy atom. The van der Waals surface area contributed by atoms with Crippen molar-refractivity contribution in [2.24, 2.45) is 0 Å². The summed E-state index contributed by atoms with van der Waals surface area (Å²) in [4.78, 5) is 0. The Balaban J connectivity index is 2.32. The number of hydrogen-bond acceptors (Lipinski definition) is 3. The number of ether oxygens (including phenoxy) is 1. The monoisotopic (exact) mass is 154 g/mol. The SMILES string of the molecule is CN/C=C(\C)C(=N)OC1CC1. The van der Waals surface area contributed by atoms with Gasteiger partial charge in [0, 0.05) is 18.8 Å². The first-order valence-electron chi connectivity index (χ1n) is 3.83. The van der Waals surface area contributed by atoms with Gasteiger partial charge in [-0.25, -0.2) is 0 Å². The Kier molecular flexibility index (Phi) is 2.52. The number of nitrogens with one attached hydrogen (secondary N) is 2. The van der Waals surface area contributed by atoms with Gasteiger partial charge in [-0.15, -0.1) is 0 Å². The molecule has 3 nitrogen and oxygen atoms in total. The summed E-state index contributed by atoms with van der Waals surface area (Å²) in [5.41, 5.74) is 0.847. The molecule has 0 heterocycles. The van der Waals surface area contributed by atoms with E-state index in [9.17, 15) is 0 Å². The lowest BCUT2D eigenvalue weighted by atomic mass is 10.3. The zero-order valence-electron chi connectivity index (χ0n) is 6.98.